The Morgan fingerprint density at radius 1 is 1.36 bits per heavy atom. The molecule has 0 fully saturated rings. The number of benzene rings is 1. The Hall–Kier alpha value is -1.31. The number of ether oxygens (including phenoxy) is 1. The second kappa shape index (κ2) is 9.66. The summed E-state index contributed by atoms with van der Waals surface area (Å²) in [6, 6.07) is 6.64. The van der Waals surface area contributed by atoms with E-state index < -0.39 is 12.8 Å². The molecule has 0 bridgehead atoms. The maximum absolute atomic E-state index is 12.0. The van der Waals surface area contributed by atoms with Crippen LogP contribution < -0.4 is 11.1 Å². The summed E-state index contributed by atoms with van der Waals surface area (Å²) in [6.07, 6.45) is -4.10. The highest BCUT2D eigenvalue weighted by Gasteiger charge is 2.27. The van der Waals surface area contributed by atoms with Crippen LogP contribution >= 0.6 is 12.4 Å². The van der Waals surface area contributed by atoms with E-state index in [9.17, 15) is 18.0 Å². The maximum atomic E-state index is 12.0. The Labute approximate surface area is 133 Å². The molecule has 0 spiro atoms. The molecule has 0 heterocycles. The molecular formula is C14H20ClF3N2O2. The fraction of sp³-hybridized carbons (Fsp3) is 0.500. The minimum atomic E-state index is -4.33. The highest BCUT2D eigenvalue weighted by atomic mass is 35.5. The van der Waals surface area contributed by atoms with E-state index in [1.54, 1.807) is 31.2 Å². The Morgan fingerprint density at radius 2 is 2.00 bits per heavy atom. The SMILES string of the molecule is CC(N)CC(=O)NCc1cccc(COCC(F)(F)F)c1.Cl. The molecule has 1 aromatic carbocycles. The molecule has 0 aliphatic rings. The summed E-state index contributed by atoms with van der Waals surface area (Å²) < 4.78 is 40.5. The molecule has 1 aromatic rings. The summed E-state index contributed by atoms with van der Waals surface area (Å²) in [5.41, 5.74) is 6.92. The summed E-state index contributed by atoms with van der Waals surface area (Å²) in [4.78, 5) is 11.5. The van der Waals surface area contributed by atoms with Gasteiger partial charge in [0.2, 0.25) is 5.91 Å². The summed E-state index contributed by atoms with van der Waals surface area (Å²) in [5, 5.41) is 2.70. The third-order valence-corrected chi connectivity index (χ3v) is 2.52. The highest BCUT2D eigenvalue weighted by molar-refractivity contribution is 5.85. The summed E-state index contributed by atoms with van der Waals surface area (Å²) >= 11 is 0. The van der Waals surface area contributed by atoms with Crippen molar-refractivity contribution < 1.29 is 22.7 Å². The monoisotopic (exact) mass is 340 g/mol. The first-order valence-electron chi connectivity index (χ1n) is 6.51. The van der Waals surface area contributed by atoms with Gasteiger partial charge in [-0.3, -0.25) is 4.79 Å². The van der Waals surface area contributed by atoms with Crippen molar-refractivity contribution in [3.63, 3.8) is 0 Å². The van der Waals surface area contributed by atoms with E-state index in [-0.39, 0.29) is 37.4 Å². The van der Waals surface area contributed by atoms with Gasteiger partial charge in [-0.2, -0.15) is 13.2 Å². The molecule has 0 aliphatic carbocycles. The van der Waals surface area contributed by atoms with Crippen molar-refractivity contribution in [2.24, 2.45) is 5.73 Å². The van der Waals surface area contributed by atoms with Crippen LogP contribution in [0, 0.1) is 0 Å². The Kier molecular flexibility index (Phi) is 9.08. The van der Waals surface area contributed by atoms with Gasteiger partial charge in [0.25, 0.3) is 0 Å². The predicted octanol–water partition coefficient (Wildman–Crippen LogP) is 2.54. The van der Waals surface area contributed by atoms with Crippen LogP contribution in [0.15, 0.2) is 24.3 Å². The van der Waals surface area contributed by atoms with Crippen LogP contribution in [0.2, 0.25) is 0 Å². The molecule has 8 heteroatoms. The number of nitrogens with two attached hydrogens (primary N) is 1. The van der Waals surface area contributed by atoms with E-state index in [4.69, 9.17) is 5.73 Å². The second-order valence-corrected chi connectivity index (χ2v) is 4.89. The van der Waals surface area contributed by atoms with Gasteiger partial charge < -0.3 is 15.8 Å². The topological polar surface area (TPSA) is 64.4 Å². The zero-order chi connectivity index (χ0) is 15.9. The molecule has 0 aromatic heterocycles. The third kappa shape index (κ3) is 9.59. The minimum Gasteiger partial charge on any atom is -0.367 e. The maximum Gasteiger partial charge on any atom is 0.411 e. The summed E-state index contributed by atoms with van der Waals surface area (Å²) in [5.74, 6) is -0.163. The standard InChI is InChI=1S/C14H19F3N2O2.ClH/c1-10(18)5-13(20)19-7-11-3-2-4-12(6-11)8-21-9-14(15,16)17;/h2-4,6,10H,5,7-9,18H2,1H3,(H,19,20);1H. The molecule has 0 aliphatic heterocycles. The van der Waals surface area contributed by atoms with Crippen LogP contribution in [0.25, 0.3) is 0 Å². The van der Waals surface area contributed by atoms with Crippen molar-refractivity contribution in [3.05, 3.63) is 35.4 Å². The number of alkyl halides is 3. The number of hydrogen-bond donors (Lipinski definition) is 2. The largest absolute Gasteiger partial charge is 0.411 e. The fourth-order valence-corrected chi connectivity index (χ4v) is 1.68. The number of hydrogen-bond acceptors (Lipinski definition) is 3. The van der Waals surface area contributed by atoms with Gasteiger partial charge in [-0.25, -0.2) is 0 Å². The smallest absolute Gasteiger partial charge is 0.367 e. The van der Waals surface area contributed by atoms with Crippen LogP contribution in [0.4, 0.5) is 13.2 Å². The Bertz CT molecular complexity index is 468. The first-order valence-corrected chi connectivity index (χ1v) is 6.51. The number of carbonyl (C=O) groups excluding carboxylic acids is 1. The van der Waals surface area contributed by atoms with E-state index in [0.29, 0.717) is 12.1 Å². The van der Waals surface area contributed by atoms with Gasteiger partial charge in [0.1, 0.15) is 6.61 Å². The van der Waals surface area contributed by atoms with Crippen molar-refractivity contribution in [2.45, 2.75) is 38.7 Å². The van der Waals surface area contributed by atoms with E-state index in [1.807, 2.05) is 0 Å². The molecule has 22 heavy (non-hydrogen) atoms. The molecule has 126 valence electrons. The van der Waals surface area contributed by atoms with E-state index in [0.717, 1.165) is 5.56 Å². The molecule has 1 amide bonds. The molecule has 1 rings (SSSR count). The van der Waals surface area contributed by atoms with E-state index in [2.05, 4.69) is 10.1 Å². The lowest BCUT2D eigenvalue weighted by molar-refractivity contribution is -0.176. The van der Waals surface area contributed by atoms with Gasteiger partial charge in [0, 0.05) is 19.0 Å². The molecule has 1 unspecified atom stereocenters. The normalized spacial score (nSPS) is 12.4. The third-order valence-electron chi connectivity index (χ3n) is 2.52. The van der Waals surface area contributed by atoms with Crippen molar-refractivity contribution in [2.75, 3.05) is 6.61 Å². The Balaban J connectivity index is 0.00000441. The molecule has 4 nitrogen and oxygen atoms in total. The first kappa shape index (κ1) is 20.7. The van der Waals surface area contributed by atoms with Crippen molar-refractivity contribution in [1.29, 1.82) is 0 Å². The van der Waals surface area contributed by atoms with E-state index >= 15 is 0 Å². The fourth-order valence-electron chi connectivity index (χ4n) is 1.68. The van der Waals surface area contributed by atoms with Crippen molar-refractivity contribution >= 4 is 18.3 Å². The average molecular weight is 341 g/mol. The number of amides is 1. The van der Waals surface area contributed by atoms with Crippen LogP contribution in [-0.2, 0) is 22.7 Å². The lowest BCUT2D eigenvalue weighted by atomic mass is 10.1. The first-order chi connectivity index (χ1) is 9.76. The second-order valence-electron chi connectivity index (χ2n) is 4.89. The number of nitrogens with one attached hydrogen (secondary N) is 1. The molecule has 0 radical (unpaired) electrons. The van der Waals surface area contributed by atoms with Crippen LogP contribution in [0.3, 0.4) is 0 Å². The van der Waals surface area contributed by atoms with Crippen molar-refractivity contribution in [1.82, 2.24) is 5.32 Å². The van der Waals surface area contributed by atoms with Gasteiger partial charge >= 0.3 is 6.18 Å². The molecule has 1 atom stereocenters. The van der Waals surface area contributed by atoms with Crippen LogP contribution in [0.5, 0.6) is 0 Å². The molecule has 0 saturated heterocycles. The van der Waals surface area contributed by atoms with E-state index in [1.165, 1.54) is 0 Å². The lowest BCUT2D eigenvalue weighted by Gasteiger charge is -2.10. The Morgan fingerprint density at radius 3 is 2.59 bits per heavy atom. The summed E-state index contributed by atoms with van der Waals surface area (Å²) in [7, 11) is 0. The van der Waals surface area contributed by atoms with Gasteiger partial charge in [-0.1, -0.05) is 24.3 Å². The lowest BCUT2D eigenvalue weighted by Crippen LogP contribution is -2.29. The summed E-state index contributed by atoms with van der Waals surface area (Å²) in [6.45, 7) is 0.639. The highest BCUT2D eigenvalue weighted by Crippen LogP contribution is 2.16. The number of rotatable bonds is 7. The molecular weight excluding hydrogens is 321 g/mol. The zero-order valence-corrected chi connectivity index (χ0v) is 13.0. The van der Waals surface area contributed by atoms with Gasteiger partial charge in [-0.05, 0) is 18.1 Å². The van der Waals surface area contributed by atoms with Crippen LogP contribution in [-0.4, -0.2) is 24.7 Å². The predicted molar refractivity (Wildman–Crippen MR) is 79.5 cm³/mol. The molecule has 0 saturated carbocycles. The van der Waals surface area contributed by atoms with Gasteiger partial charge in [0.15, 0.2) is 0 Å². The zero-order valence-electron chi connectivity index (χ0n) is 12.2. The van der Waals surface area contributed by atoms with Gasteiger partial charge in [0.05, 0.1) is 6.61 Å². The quantitative estimate of drug-likeness (QED) is 0.801. The molecule has 3 N–H and O–H groups in total. The minimum absolute atomic E-state index is 0. The van der Waals surface area contributed by atoms with Crippen LogP contribution in [0.1, 0.15) is 24.5 Å². The average Bonchev–Trinajstić information content (AvgIpc) is 2.34. The van der Waals surface area contributed by atoms with Gasteiger partial charge in [-0.15, -0.1) is 12.4 Å². The van der Waals surface area contributed by atoms with Crippen molar-refractivity contribution in [3.8, 4) is 0 Å². The number of carbonyl (C=O) groups is 1. The number of halogens is 4.